The maximum Gasteiger partial charge on any atom is 0.422 e. The van der Waals surface area contributed by atoms with Crippen molar-refractivity contribution in [2.24, 2.45) is 4.99 Å². The molecule has 1 atom stereocenters. The molecule has 2 N–H and O–H groups in total. The summed E-state index contributed by atoms with van der Waals surface area (Å²) in [5.41, 5.74) is 0.800. The highest BCUT2D eigenvalue weighted by atomic mass is 127. The van der Waals surface area contributed by atoms with Crippen LogP contribution in [-0.2, 0) is 11.3 Å². The van der Waals surface area contributed by atoms with Crippen LogP contribution in [0.2, 0.25) is 0 Å². The highest BCUT2D eigenvalue weighted by Gasteiger charge is 2.28. The van der Waals surface area contributed by atoms with Gasteiger partial charge < -0.3 is 20.1 Å². The average Bonchev–Trinajstić information content (AvgIpc) is 3.07. The minimum Gasteiger partial charge on any atom is -0.468 e. The summed E-state index contributed by atoms with van der Waals surface area (Å²) in [6.07, 6.45) is -0.592. The lowest BCUT2D eigenvalue weighted by Crippen LogP contribution is -2.40. The molecule has 0 aromatic carbocycles. The zero-order valence-electron chi connectivity index (χ0n) is 13.8. The van der Waals surface area contributed by atoms with Gasteiger partial charge in [-0.2, -0.15) is 13.2 Å². The van der Waals surface area contributed by atoms with Crippen LogP contribution in [0, 0.1) is 0 Å². The molecular formula is C15H22F3IN4O2. The van der Waals surface area contributed by atoms with Crippen LogP contribution in [0.4, 0.5) is 13.2 Å². The molecule has 0 amide bonds. The number of rotatable bonds is 6. The van der Waals surface area contributed by atoms with Crippen molar-refractivity contribution in [2.45, 2.75) is 31.7 Å². The second-order valence-corrected chi connectivity index (χ2v) is 5.35. The zero-order valence-corrected chi connectivity index (χ0v) is 16.1. The Bertz CT molecular complexity index is 535. The first kappa shape index (κ1) is 21.7. The summed E-state index contributed by atoms with van der Waals surface area (Å²) in [6.45, 7) is 0.574. The molecule has 10 heteroatoms. The molecule has 0 saturated carbocycles. The Balaban J connectivity index is 0.00000312. The van der Waals surface area contributed by atoms with Gasteiger partial charge in [0.25, 0.3) is 0 Å². The van der Waals surface area contributed by atoms with Gasteiger partial charge in [-0.15, -0.1) is 24.0 Å². The van der Waals surface area contributed by atoms with Crippen LogP contribution in [0.3, 0.4) is 0 Å². The van der Waals surface area contributed by atoms with Gasteiger partial charge in [-0.1, -0.05) is 6.07 Å². The molecule has 6 nitrogen and oxygen atoms in total. The van der Waals surface area contributed by atoms with Gasteiger partial charge in [0.1, 0.15) is 0 Å². The number of guanidine groups is 1. The molecule has 1 aliphatic heterocycles. The fourth-order valence-electron chi connectivity index (χ4n) is 2.18. The van der Waals surface area contributed by atoms with E-state index in [0.717, 1.165) is 25.0 Å². The van der Waals surface area contributed by atoms with E-state index in [-0.39, 0.29) is 36.0 Å². The lowest BCUT2D eigenvalue weighted by atomic mass is 10.2. The van der Waals surface area contributed by atoms with E-state index in [2.05, 4.69) is 25.3 Å². The maximum atomic E-state index is 12.1. The summed E-state index contributed by atoms with van der Waals surface area (Å²) < 4.78 is 46.3. The van der Waals surface area contributed by atoms with Gasteiger partial charge in [0.15, 0.2) is 12.6 Å². The molecule has 1 saturated heterocycles. The van der Waals surface area contributed by atoms with Crippen molar-refractivity contribution in [3.63, 3.8) is 0 Å². The molecule has 2 heterocycles. The fourth-order valence-corrected chi connectivity index (χ4v) is 2.18. The van der Waals surface area contributed by atoms with Gasteiger partial charge in [0.05, 0.1) is 6.10 Å². The van der Waals surface area contributed by atoms with Crippen molar-refractivity contribution in [3.8, 4) is 5.88 Å². The number of aliphatic imine (C=N–C) groups is 1. The number of pyridine rings is 1. The highest BCUT2D eigenvalue weighted by Crippen LogP contribution is 2.17. The second-order valence-electron chi connectivity index (χ2n) is 5.35. The first-order chi connectivity index (χ1) is 11.5. The van der Waals surface area contributed by atoms with E-state index in [9.17, 15) is 13.2 Å². The third-order valence-electron chi connectivity index (χ3n) is 3.39. The van der Waals surface area contributed by atoms with E-state index < -0.39 is 12.8 Å². The largest absolute Gasteiger partial charge is 0.468 e. The van der Waals surface area contributed by atoms with Crippen LogP contribution in [0.5, 0.6) is 5.88 Å². The number of aromatic nitrogens is 1. The monoisotopic (exact) mass is 474 g/mol. The van der Waals surface area contributed by atoms with Gasteiger partial charge in [-0.05, 0) is 18.4 Å². The Morgan fingerprint density at radius 1 is 1.40 bits per heavy atom. The van der Waals surface area contributed by atoms with Gasteiger partial charge in [-0.25, -0.2) is 4.98 Å². The molecule has 1 fully saturated rings. The fraction of sp³-hybridized carbons (Fsp3) is 0.600. The van der Waals surface area contributed by atoms with Crippen LogP contribution in [-0.4, -0.2) is 50.0 Å². The smallest absolute Gasteiger partial charge is 0.422 e. The van der Waals surface area contributed by atoms with Crippen molar-refractivity contribution in [3.05, 3.63) is 23.9 Å². The first-order valence-corrected chi connectivity index (χ1v) is 7.67. The molecule has 0 bridgehead atoms. The summed E-state index contributed by atoms with van der Waals surface area (Å²) in [7, 11) is 1.66. The molecule has 25 heavy (non-hydrogen) atoms. The number of hydrogen-bond donors (Lipinski definition) is 2. The van der Waals surface area contributed by atoms with E-state index >= 15 is 0 Å². The summed E-state index contributed by atoms with van der Waals surface area (Å²) in [5.74, 6) is 0.569. The Morgan fingerprint density at radius 3 is 2.76 bits per heavy atom. The Labute approximate surface area is 161 Å². The van der Waals surface area contributed by atoms with Crippen molar-refractivity contribution < 1.29 is 22.6 Å². The summed E-state index contributed by atoms with van der Waals surface area (Å²) in [6, 6.07) is 3.06. The van der Waals surface area contributed by atoms with E-state index in [4.69, 9.17) is 4.74 Å². The minimum atomic E-state index is -4.37. The summed E-state index contributed by atoms with van der Waals surface area (Å²) in [5, 5.41) is 6.28. The highest BCUT2D eigenvalue weighted by molar-refractivity contribution is 14.0. The van der Waals surface area contributed by atoms with Crippen molar-refractivity contribution in [2.75, 3.05) is 26.8 Å². The summed E-state index contributed by atoms with van der Waals surface area (Å²) in [4.78, 5) is 7.96. The van der Waals surface area contributed by atoms with Crippen molar-refractivity contribution in [1.29, 1.82) is 0 Å². The van der Waals surface area contributed by atoms with E-state index in [1.807, 2.05) is 0 Å². The molecule has 0 aliphatic carbocycles. The number of ether oxygens (including phenoxy) is 2. The molecule has 142 valence electrons. The first-order valence-electron chi connectivity index (χ1n) is 7.67. The third kappa shape index (κ3) is 8.56. The van der Waals surface area contributed by atoms with Gasteiger partial charge in [0, 0.05) is 39.0 Å². The van der Waals surface area contributed by atoms with Crippen LogP contribution in [0.15, 0.2) is 23.3 Å². The maximum absolute atomic E-state index is 12.1. The standard InChI is InChI=1S/C15H21F3N4O2.HI/c1-19-14(22-9-12-3-2-6-23-12)21-8-11-4-5-13(20-7-11)24-10-15(16,17)18;/h4-5,7,12H,2-3,6,8-10H2,1H3,(H2,19,21,22);1H. The van der Waals surface area contributed by atoms with Gasteiger partial charge in [-0.3, -0.25) is 4.99 Å². The van der Waals surface area contributed by atoms with Gasteiger partial charge in [0.2, 0.25) is 5.88 Å². The predicted octanol–water partition coefficient (Wildman–Crippen LogP) is 2.48. The SMILES string of the molecule is CN=C(NCc1ccc(OCC(F)(F)F)nc1)NCC1CCCO1.I. The van der Waals surface area contributed by atoms with Crippen LogP contribution < -0.4 is 15.4 Å². The van der Waals surface area contributed by atoms with E-state index in [1.165, 1.54) is 12.3 Å². The quantitative estimate of drug-likeness (QED) is 0.377. The number of hydrogen-bond acceptors (Lipinski definition) is 4. The van der Waals surface area contributed by atoms with E-state index in [0.29, 0.717) is 19.0 Å². The predicted molar refractivity (Wildman–Crippen MR) is 98.4 cm³/mol. The molecule has 0 radical (unpaired) electrons. The average molecular weight is 474 g/mol. The number of halogens is 4. The topological polar surface area (TPSA) is 67.8 Å². The zero-order chi connectivity index (χ0) is 17.4. The van der Waals surface area contributed by atoms with E-state index in [1.54, 1.807) is 13.1 Å². The Hall–Kier alpha value is -1.30. The molecule has 1 unspecified atom stereocenters. The van der Waals surface area contributed by atoms with Crippen LogP contribution >= 0.6 is 24.0 Å². The Morgan fingerprint density at radius 2 is 2.20 bits per heavy atom. The Kier molecular flexibility index (Phi) is 9.25. The van der Waals surface area contributed by atoms with Gasteiger partial charge >= 0.3 is 6.18 Å². The summed E-state index contributed by atoms with van der Waals surface area (Å²) >= 11 is 0. The minimum absolute atomic E-state index is 0. The molecule has 1 aliphatic rings. The normalized spacial score (nSPS) is 17.8. The molecule has 2 rings (SSSR count). The number of nitrogens with zero attached hydrogens (tertiary/aromatic N) is 2. The number of nitrogens with one attached hydrogen (secondary N) is 2. The molecule has 1 aromatic rings. The van der Waals surface area contributed by atoms with Crippen molar-refractivity contribution in [1.82, 2.24) is 15.6 Å². The van der Waals surface area contributed by atoms with Crippen LogP contribution in [0.1, 0.15) is 18.4 Å². The second kappa shape index (κ2) is 10.6. The van der Waals surface area contributed by atoms with Crippen molar-refractivity contribution >= 4 is 29.9 Å². The third-order valence-corrected chi connectivity index (χ3v) is 3.39. The van der Waals surface area contributed by atoms with Crippen LogP contribution in [0.25, 0.3) is 0 Å². The molecule has 0 spiro atoms. The molecular weight excluding hydrogens is 452 g/mol. The lowest BCUT2D eigenvalue weighted by molar-refractivity contribution is -0.154. The molecule has 1 aromatic heterocycles. The lowest BCUT2D eigenvalue weighted by Gasteiger charge is -2.15. The number of alkyl halides is 3.